The molecular weight excluding hydrogens is 256 g/mol. The summed E-state index contributed by atoms with van der Waals surface area (Å²) >= 11 is 0. The molecule has 0 N–H and O–H groups in total. The van der Waals surface area contributed by atoms with Crippen LogP contribution in [0.4, 0.5) is 5.69 Å². The maximum atomic E-state index is 11.0. The van der Waals surface area contributed by atoms with E-state index in [-0.39, 0.29) is 11.5 Å². The lowest BCUT2D eigenvalue weighted by Crippen LogP contribution is -2.00. The van der Waals surface area contributed by atoms with Crippen molar-refractivity contribution in [2.24, 2.45) is 0 Å². The summed E-state index contributed by atoms with van der Waals surface area (Å²) in [6, 6.07) is 12.6. The highest BCUT2D eigenvalue weighted by molar-refractivity contribution is 5.59. The molecule has 0 aliphatic heterocycles. The van der Waals surface area contributed by atoms with E-state index >= 15 is 0 Å². The molecule has 6 heteroatoms. The van der Waals surface area contributed by atoms with Gasteiger partial charge in [0.2, 0.25) is 5.82 Å². The molecule has 0 saturated heterocycles. The summed E-state index contributed by atoms with van der Waals surface area (Å²) in [6.45, 7) is 0. The predicted octanol–water partition coefficient (Wildman–Crippen LogP) is 2.84. The van der Waals surface area contributed by atoms with Gasteiger partial charge in [0, 0.05) is 24.0 Å². The lowest BCUT2D eigenvalue weighted by Gasteiger charge is -2.01. The van der Waals surface area contributed by atoms with Crippen LogP contribution in [0.15, 0.2) is 61.2 Å². The van der Waals surface area contributed by atoms with Gasteiger partial charge < -0.3 is 0 Å². The number of hydrogen-bond donors (Lipinski definition) is 0. The number of rotatable bonds is 3. The van der Waals surface area contributed by atoms with Gasteiger partial charge >= 0.3 is 5.69 Å². The van der Waals surface area contributed by atoms with Crippen LogP contribution in [0.5, 0.6) is 0 Å². The molecule has 0 fully saturated rings. The van der Waals surface area contributed by atoms with Crippen LogP contribution in [-0.2, 0) is 0 Å². The molecule has 20 heavy (non-hydrogen) atoms. The number of nitrogens with zero attached hydrogens (tertiary/aromatic N) is 4. The van der Waals surface area contributed by atoms with Gasteiger partial charge in [-0.2, -0.15) is 0 Å². The Kier molecular flexibility index (Phi) is 2.96. The number of benzene rings is 1. The first-order valence-corrected chi connectivity index (χ1v) is 5.95. The highest BCUT2D eigenvalue weighted by Crippen LogP contribution is 2.22. The number of nitro groups is 1. The molecule has 0 radical (unpaired) electrons. The summed E-state index contributed by atoms with van der Waals surface area (Å²) in [6.07, 6.45) is 4.77. The fraction of sp³-hybridized carbons (Fsp3) is 0. The van der Waals surface area contributed by atoms with Crippen LogP contribution in [-0.4, -0.2) is 19.5 Å². The SMILES string of the molecule is O=[N+]([O-])c1cccnc1-n1cnc(-c2ccccc2)c1. The van der Waals surface area contributed by atoms with Crippen molar-refractivity contribution in [1.82, 2.24) is 14.5 Å². The summed E-state index contributed by atoms with van der Waals surface area (Å²) in [7, 11) is 0. The molecule has 0 amide bonds. The monoisotopic (exact) mass is 266 g/mol. The van der Waals surface area contributed by atoms with E-state index in [0.29, 0.717) is 0 Å². The summed E-state index contributed by atoms with van der Waals surface area (Å²) in [4.78, 5) is 18.9. The van der Waals surface area contributed by atoms with Gasteiger partial charge in [-0.25, -0.2) is 9.97 Å². The van der Waals surface area contributed by atoms with Gasteiger partial charge in [-0.3, -0.25) is 14.7 Å². The first-order chi connectivity index (χ1) is 9.75. The van der Waals surface area contributed by atoms with Gasteiger partial charge in [0.25, 0.3) is 0 Å². The lowest BCUT2D eigenvalue weighted by molar-refractivity contribution is -0.384. The van der Waals surface area contributed by atoms with Crippen LogP contribution in [0, 0.1) is 10.1 Å². The van der Waals surface area contributed by atoms with E-state index in [1.54, 1.807) is 10.8 Å². The summed E-state index contributed by atoms with van der Waals surface area (Å²) < 4.78 is 1.56. The van der Waals surface area contributed by atoms with Crippen molar-refractivity contribution >= 4 is 5.69 Å². The normalized spacial score (nSPS) is 10.4. The molecule has 2 heterocycles. The van der Waals surface area contributed by atoms with Crippen molar-refractivity contribution in [3.63, 3.8) is 0 Å². The largest absolute Gasteiger partial charge is 0.312 e. The third-order valence-corrected chi connectivity index (χ3v) is 2.86. The van der Waals surface area contributed by atoms with E-state index in [0.717, 1.165) is 11.3 Å². The molecule has 0 bridgehead atoms. The third kappa shape index (κ3) is 2.14. The first kappa shape index (κ1) is 12.0. The Morgan fingerprint density at radius 3 is 2.60 bits per heavy atom. The second-order valence-corrected chi connectivity index (χ2v) is 4.14. The van der Waals surface area contributed by atoms with Crippen molar-refractivity contribution in [3.05, 3.63) is 71.3 Å². The molecule has 3 aromatic rings. The Bertz CT molecular complexity index is 753. The van der Waals surface area contributed by atoms with Crippen LogP contribution in [0.2, 0.25) is 0 Å². The van der Waals surface area contributed by atoms with Gasteiger partial charge in [0.1, 0.15) is 6.33 Å². The molecule has 6 nitrogen and oxygen atoms in total. The van der Waals surface area contributed by atoms with Crippen LogP contribution < -0.4 is 0 Å². The van der Waals surface area contributed by atoms with E-state index in [1.165, 1.54) is 24.7 Å². The van der Waals surface area contributed by atoms with Gasteiger partial charge in [0.15, 0.2) is 0 Å². The van der Waals surface area contributed by atoms with Crippen molar-refractivity contribution in [3.8, 4) is 17.1 Å². The average Bonchev–Trinajstić information content (AvgIpc) is 2.98. The van der Waals surface area contributed by atoms with E-state index in [2.05, 4.69) is 9.97 Å². The number of imidazole rings is 1. The number of aromatic nitrogens is 3. The van der Waals surface area contributed by atoms with Crippen molar-refractivity contribution in [1.29, 1.82) is 0 Å². The Morgan fingerprint density at radius 1 is 1.05 bits per heavy atom. The topological polar surface area (TPSA) is 73.8 Å². The number of hydrogen-bond acceptors (Lipinski definition) is 4. The first-order valence-electron chi connectivity index (χ1n) is 5.95. The minimum absolute atomic E-state index is 0.0514. The van der Waals surface area contributed by atoms with E-state index < -0.39 is 4.92 Å². The molecule has 98 valence electrons. The fourth-order valence-corrected chi connectivity index (χ4v) is 1.93. The molecule has 3 rings (SSSR count). The highest BCUT2D eigenvalue weighted by Gasteiger charge is 2.16. The zero-order chi connectivity index (χ0) is 13.9. The second-order valence-electron chi connectivity index (χ2n) is 4.14. The van der Waals surface area contributed by atoms with Gasteiger partial charge in [-0.05, 0) is 6.07 Å². The Balaban J connectivity index is 2.05. The molecule has 0 aliphatic carbocycles. The molecule has 0 unspecified atom stereocenters. The lowest BCUT2D eigenvalue weighted by atomic mass is 10.2. The zero-order valence-electron chi connectivity index (χ0n) is 10.4. The van der Waals surface area contributed by atoms with Gasteiger partial charge in [-0.1, -0.05) is 30.3 Å². The second kappa shape index (κ2) is 4.93. The van der Waals surface area contributed by atoms with Crippen molar-refractivity contribution < 1.29 is 4.92 Å². The van der Waals surface area contributed by atoms with Crippen LogP contribution in [0.3, 0.4) is 0 Å². The summed E-state index contributed by atoms with van der Waals surface area (Å²) in [5.74, 6) is 0.257. The zero-order valence-corrected chi connectivity index (χ0v) is 10.4. The third-order valence-electron chi connectivity index (χ3n) is 2.86. The van der Waals surface area contributed by atoms with E-state index in [9.17, 15) is 10.1 Å². The summed E-state index contributed by atoms with van der Waals surface area (Å²) in [5.41, 5.74) is 1.64. The average molecular weight is 266 g/mol. The van der Waals surface area contributed by atoms with Crippen LogP contribution in [0.1, 0.15) is 0 Å². The minimum Gasteiger partial charge on any atom is -0.284 e. The van der Waals surface area contributed by atoms with Crippen LogP contribution in [0.25, 0.3) is 17.1 Å². The van der Waals surface area contributed by atoms with Crippen molar-refractivity contribution in [2.45, 2.75) is 0 Å². The molecule has 1 aromatic carbocycles. The van der Waals surface area contributed by atoms with Gasteiger partial charge in [0.05, 0.1) is 10.6 Å². The number of pyridine rings is 1. The Morgan fingerprint density at radius 2 is 1.85 bits per heavy atom. The molecule has 0 saturated carbocycles. The van der Waals surface area contributed by atoms with Crippen molar-refractivity contribution in [2.75, 3.05) is 0 Å². The quantitative estimate of drug-likeness (QED) is 0.539. The smallest absolute Gasteiger partial charge is 0.284 e. The molecule has 0 spiro atoms. The maximum Gasteiger partial charge on any atom is 0.312 e. The molecule has 0 aliphatic rings. The molecule has 0 atom stereocenters. The van der Waals surface area contributed by atoms with E-state index in [1.807, 2.05) is 30.3 Å². The Hall–Kier alpha value is -3.02. The molecule has 2 aromatic heterocycles. The van der Waals surface area contributed by atoms with Gasteiger partial charge in [-0.15, -0.1) is 0 Å². The fourth-order valence-electron chi connectivity index (χ4n) is 1.93. The predicted molar refractivity (Wildman–Crippen MR) is 73.4 cm³/mol. The maximum absolute atomic E-state index is 11.0. The summed E-state index contributed by atoms with van der Waals surface area (Å²) in [5, 5.41) is 11.0. The standard InChI is InChI=1S/C14H10N4O2/c19-18(20)13-7-4-8-15-14(13)17-9-12(16-10-17)11-5-2-1-3-6-11/h1-10H. The Labute approximate surface area is 114 Å². The molecular formula is C14H10N4O2. The highest BCUT2D eigenvalue weighted by atomic mass is 16.6. The minimum atomic E-state index is -0.454. The van der Waals surface area contributed by atoms with Crippen LogP contribution >= 0.6 is 0 Å². The van der Waals surface area contributed by atoms with E-state index in [4.69, 9.17) is 0 Å².